The maximum atomic E-state index is 12.2. The molecular weight excluding hydrogens is 320 g/mol. The number of carbonyl (C=O) groups excluding carboxylic acids is 2. The number of hydrogen-bond acceptors (Lipinski definition) is 2. The Morgan fingerprint density at radius 2 is 1.80 bits per heavy atom. The van der Waals surface area contributed by atoms with Gasteiger partial charge in [0.05, 0.1) is 5.69 Å². The molecule has 0 atom stereocenters. The SMILES string of the molecule is CCN(CC)C(=O)CN(C(C)=O)c1ccc(C)cc1Br. The van der Waals surface area contributed by atoms with Crippen LogP contribution in [0.25, 0.3) is 0 Å². The highest BCUT2D eigenvalue weighted by atomic mass is 79.9. The van der Waals surface area contributed by atoms with Crippen molar-refractivity contribution in [2.75, 3.05) is 24.5 Å². The molecule has 110 valence electrons. The van der Waals surface area contributed by atoms with Gasteiger partial charge in [0.2, 0.25) is 11.8 Å². The number of nitrogens with zero attached hydrogens (tertiary/aromatic N) is 2. The maximum Gasteiger partial charge on any atom is 0.242 e. The van der Waals surface area contributed by atoms with Gasteiger partial charge >= 0.3 is 0 Å². The third kappa shape index (κ3) is 4.07. The Morgan fingerprint density at radius 3 is 2.25 bits per heavy atom. The van der Waals surface area contributed by atoms with Gasteiger partial charge in [-0.2, -0.15) is 0 Å². The van der Waals surface area contributed by atoms with Gasteiger partial charge in [0.1, 0.15) is 6.54 Å². The van der Waals surface area contributed by atoms with Crippen LogP contribution in [0, 0.1) is 6.92 Å². The summed E-state index contributed by atoms with van der Waals surface area (Å²) in [6.45, 7) is 8.68. The summed E-state index contributed by atoms with van der Waals surface area (Å²) in [4.78, 5) is 27.3. The van der Waals surface area contributed by atoms with Gasteiger partial charge < -0.3 is 9.80 Å². The average Bonchev–Trinajstić information content (AvgIpc) is 2.38. The lowest BCUT2D eigenvalue weighted by molar-refractivity contribution is -0.130. The minimum atomic E-state index is -0.143. The molecule has 0 unspecified atom stereocenters. The van der Waals surface area contributed by atoms with E-state index in [9.17, 15) is 9.59 Å². The van der Waals surface area contributed by atoms with Crippen molar-refractivity contribution in [2.45, 2.75) is 27.7 Å². The molecular formula is C15H21BrN2O2. The molecule has 5 heteroatoms. The van der Waals surface area contributed by atoms with Crippen molar-refractivity contribution in [3.05, 3.63) is 28.2 Å². The first-order valence-electron chi connectivity index (χ1n) is 6.72. The Kier molecular flexibility index (Phi) is 6.20. The van der Waals surface area contributed by atoms with Gasteiger partial charge in [-0.15, -0.1) is 0 Å². The standard InChI is InChI=1S/C15H21BrN2O2/c1-5-17(6-2)15(20)10-18(12(4)19)14-8-7-11(3)9-13(14)16/h7-9H,5-6,10H2,1-4H3. The molecule has 0 fully saturated rings. The molecule has 2 amide bonds. The zero-order valence-electron chi connectivity index (χ0n) is 12.4. The van der Waals surface area contributed by atoms with Gasteiger partial charge in [0, 0.05) is 24.5 Å². The zero-order valence-corrected chi connectivity index (χ0v) is 14.0. The minimum Gasteiger partial charge on any atom is -0.342 e. The normalized spacial score (nSPS) is 10.2. The lowest BCUT2D eigenvalue weighted by atomic mass is 10.2. The Balaban J connectivity index is 3.01. The van der Waals surface area contributed by atoms with Crippen molar-refractivity contribution in [2.24, 2.45) is 0 Å². The minimum absolute atomic E-state index is 0.0438. The predicted molar refractivity (Wildman–Crippen MR) is 84.8 cm³/mol. The molecule has 0 spiro atoms. The first-order chi connectivity index (χ1) is 9.40. The van der Waals surface area contributed by atoms with Crippen LogP contribution in [-0.2, 0) is 9.59 Å². The highest BCUT2D eigenvalue weighted by Crippen LogP contribution is 2.27. The number of anilines is 1. The second kappa shape index (κ2) is 7.43. The Bertz CT molecular complexity index is 499. The maximum absolute atomic E-state index is 12.2. The molecule has 1 rings (SSSR count). The van der Waals surface area contributed by atoms with E-state index in [1.807, 2.05) is 39.0 Å². The molecule has 0 saturated carbocycles. The van der Waals surface area contributed by atoms with Gasteiger partial charge in [-0.3, -0.25) is 9.59 Å². The van der Waals surface area contributed by atoms with E-state index >= 15 is 0 Å². The van der Waals surface area contributed by atoms with Gasteiger partial charge in [-0.1, -0.05) is 6.07 Å². The molecule has 0 bridgehead atoms. The van der Waals surface area contributed by atoms with E-state index in [1.54, 1.807) is 4.90 Å². The number of benzene rings is 1. The van der Waals surface area contributed by atoms with Crippen molar-refractivity contribution >= 4 is 33.4 Å². The summed E-state index contributed by atoms with van der Waals surface area (Å²) in [5.41, 5.74) is 1.82. The smallest absolute Gasteiger partial charge is 0.242 e. The first kappa shape index (κ1) is 16.7. The molecule has 0 radical (unpaired) electrons. The number of likely N-dealkylation sites (N-methyl/N-ethyl adjacent to an activating group) is 1. The third-order valence-electron chi connectivity index (χ3n) is 3.18. The van der Waals surface area contributed by atoms with E-state index in [4.69, 9.17) is 0 Å². The van der Waals surface area contributed by atoms with E-state index < -0.39 is 0 Å². The predicted octanol–water partition coefficient (Wildman–Crippen LogP) is 2.98. The third-order valence-corrected chi connectivity index (χ3v) is 3.82. The van der Waals surface area contributed by atoms with Crippen molar-refractivity contribution in [3.63, 3.8) is 0 Å². The van der Waals surface area contributed by atoms with E-state index in [2.05, 4.69) is 15.9 Å². The van der Waals surface area contributed by atoms with Crippen molar-refractivity contribution < 1.29 is 9.59 Å². The van der Waals surface area contributed by atoms with E-state index in [0.29, 0.717) is 13.1 Å². The Labute approximate surface area is 128 Å². The first-order valence-corrected chi connectivity index (χ1v) is 7.52. The summed E-state index contributed by atoms with van der Waals surface area (Å²) < 4.78 is 0.819. The largest absolute Gasteiger partial charge is 0.342 e. The highest BCUT2D eigenvalue weighted by molar-refractivity contribution is 9.10. The fourth-order valence-electron chi connectivity index (χ4n) is 2.01. The van der Waals surface area contributed by atoms with Gasteiger partial charge in [-0.25, -0.2) is 0 Å². The van der Waals surface area contributed by atoms with Crippen LogP contribution < -0.4 is 4.90 Å². The lowest BCUT2D eigenvalue weighted by Crippen LogP contribution is -2.42. The molecule has 4 nitrogen and oxygen atoms in total. The van der Waals surface area contributed by atoms with Crippen molar-refractivity contribution in [1.82, 2.24) is 4.90 Å². The highest BCUT2D eigenvalue weighted by Gasteiger charge is 2.20. The molecule has 20 heavy (non-hydrogen) atoms. The summed E-state index contributed by atoms with van der Waals surface area (Å²) in [6, 6.07) is 5.72. The van der Waals surface area contributed by atoms with Crippen LogP contribution in [0.1, 0.15) is 26.3 Å². The van der Waals surface area contributed by atoms with E-state index in [-0.39, 0.29) is 18.4 Å². The number of aryl methyl sites for hydroxylation is 1. The number of hydrogen-bond donors (Lipinski definition) is 0. The number of carbonyl (C=O) groups is 2. The fraction of sp³-hybridized carbons (Fsp3) is 0.467. The average molecular weight is 341 g/mol. The van der Waals surface area contributed by atoms with Gasteiger partial charge in [0.15, 0.2) is 0 Å². The lowest BCUT2D eigenvalue weighted by Gasteiger charge is -2.26. The van der Waals surface area contributed by atoms with Crippen molar-refractivity contribution in [3.8, 4) is 0 Å². The molecule has 0 aliphatic heterocycles. The Morgan fingerprint density at radius 1 is 1.20 bits per heavy atom. The summed E-state index contributed by atoms with van der Waals surface area (Å²) in [5.74, 6) is -0.187. The molecule has 0 aromatic heterocycles. The summed E-state index contributed by atoms with van der Waals surface area (Å²) in [7, 11) is 0. The van der Waals surface area contributed by atoms with Crippen LogP contribution in [0.3, 0.4) is 0 Å². The van der Waals surface area contributed by atoms with Crippen LogP contribution in [-0.4, -0.2) is 36.3 Å². The Hall–Kier alpha value is -1.36. The van der Waals surface area contributed by atoms with Crippen molar-refractivity contribution in [1.29, 1.82) is 0 Å². The quantitative estimate of drug-likeness (QED) is 0.826. The van der Waals surface area contributed by atoms with Gasteiger partial charge in [-0.05, 0) is 54.4 Å². The van der Waals surface area contributed by atoms with Crippen LogP contribution in [0.5, 0.6) is 0 Å². The van der Waals surface area contributed by atoms with Crippen LogP contribution in [0.4, 0.5) is 5.69 Å². The molecule has 1 aromatic rings. The zero-order chi connectivity index (χ0) is 15.3. The molecule has 0 N–H and O–H groups in total. The van der Waals surface area contributed by atoms with E-state index in [0.717, 1.165) is 15.7 Å². The monoisotopic (exact) mass is 340 g/mol. The summed E-state index contributed by atoms with van der Waals surface area (Å²) in [6.07, 6.45) is 0. The van der Waals surface area contributed by atoms with Gasteiger partial charge in [0.25, 0.3) is 0 Å². The summed E-state index contributed by atoms with van der Waals surface area (Å²) >= 11 is 3.46. The van der Waals surface area contributed by atoms with Crippen LogP contribution in [0.15, 0.2) is 22.7 Å². The molecule has 1 aromatic carbocycles. The second-order valence-electron chi connectivity index (χ2n) is 4.63. The van der Waals surface area contributed by atoms with Crippen LogP contribution in [0.2, 0.25) is 0 Å². The van der Waals surface area contributed by atoms with Crippen LogP contribution >= 0.6 is 15.9 Å². The number of amides is 2. The fourth-order valence-corrected chi connectivity index (χ4v) is 2.72. The molecule has 0 aliphatic rings. The van der Waals surface area contributed by atoms with E-state index in [1.165, 1.54) is 11.8 Å². The molecule has 0 aliphatic carbocycles. The number of rotatable bonds is 5. The second-order valence-corrected chi connectivity index (χ2v) is 5.48. The topological polar surface area (TPSA) is 40.6 Å². The molecule has 0 saturated heterocycles. The number of halogens is 1. The summed E-state index contributed by atoms with van der Waals surface area (Å²) in [5, 5.41) is 0. The molecule has 0 heterocycles.